The highest BCUT2D eigenvalue weighted by Gasteiger charge is 2.12. The Bertz CT molecular complexity index is 1030. The lowest BCUT2D eigenvalue weighted by Gasteiger charge is -2.28. The van der Waals surface area contributed by atoms with E-state index in [2.05, 4.69) is 41.3 Å². The van der Waals surface area contributed by atoms with Gasteiger partial charge >= 0.3 is 0 Å². The van der Waals surface area contributed by atoms with Gasteiger partial charge in [-0.2, -0.15) is 15.4 Å². The molecule has 0 aliphatic carbocycles. The maximum absolute atomic E-state index is 4.61. The second-order valence-corrected chi connectivity index (χ2v) is 6.47. The summed E-state index contributed by atoms with van der Waals surface area (Å²) in [6.07, 6.45) is 11.2. The van der Waals surface area contributed by atoms with E-state index in [1.54, 1.807) is 12.5 Å². The average molecular weight is 346 g/mol. The Kier molecular flexibility index (Phi) is 3.59. The topological polar surface area (TPSA) is 88.4 Å². The van der Waals surface area contributed by atoms with Gasteiger partial charge in [0.15, 0.2) is 0 Å². The molecule has 8 nitrogen and oxygen atoms in total. The summed E-state index contributed by atoms with van der Waals surface area (Å²) in [5.74, 6) is 0.840. The van der Waals surface area contributed by atoms with E-state index in [1.165, 1.54) is 24.9 Å². The van der Waals surface area contributed by atoms with Gasteiger partial charge in [0, 0.05) is 19.3 Å². The minimum atomic E-state index is 0.739. The first-order chi connectivity index (χ1) is 12.9. The molecular weight excluding hydrogens is 328 g/mol. The molecule has 1 aliphatic heterocycles. The van der Waals surface area contributed by atoms with Crippen LogP contribution in [0.4, 0.5) is 5.69 Å². The molecular formula is C18H18N8. The molecule has 8 heteroatoms. The number of fused-ring (bicyclic) bond motifs is 1. The molecule has 1 N–H and O–H groups in total. The third kappa shape index (κ3) is 2.69. The van der Waals surface area contributed by atoms with E-state index in [9.17, 15) is 0 Å². The Morgan fingerprint density at radius 2 is 1.73 bits per heavy atom. The second kappa shape index (κ2) is 6.21. The van der Waals surface area contributed by atoms with Crippen LogP contribution < -0.4 is 4.90 Å². The van der Waals surface area contributed by atoms with Gasteiger partial charge in [-0.25, -0.2) is 9.97 Å². The minimum absolute atomic E-state index is 0.739. The number of hydrogen-bond acceptors (Lipinski definition) is 6. The smallest absolute Gasteiger partial charge is 0.137 e. The molecule has 0 unspecified atom stereocenters. The van der Waals surface area contributed by atoms with Crippen LogP contribution in [-0.4, -0.2) is 48.0 Å². The number of rotatable bonds is 3. The molecule has 26 heavy (non-hydrogen) atoms. The van der Waals surface area contributed by atoms with Gasteiger partial charge in [0.25, 0.3) is 0 Å². The predicted molar refractivity (Wildman–Crippen MR) is 98.1 cm³/mol. The highest BCUT2D eigenvalue weighted by Crippen LogP contribution is 2.22. The molecule has 130 valence electrons. The number of anilines is 1. The average Bonchev–Trinajstić information content (AvgIpc) is 3.38. The number of nitrogens with one attached hydrogen (secondary N) is 1. The van der Waals surface area contributed by atoms with Crippen molar-refractivity contribution in [1.82, 2.24) is 34.9 Å². The van der Waals surface area contributed by atoms with Crippen molar-refractivity contribution in [3.63, 3.8) is 0 Å². The minimum Gasteiger partial charge on any atom is -0.370 e. The van der Waals surface area contributed by atoms with Crippen molar-refractivity contribution in [3.8, 4) is 17.2 Å². The second-order valence-electron chi connectivity index (χ2n) is 6.47. The van der Waals surface area contributed by atoms with E-state index in [-0.39, 0.29) is 0 Å². The van der Waals surface area contributed by atoms with Crippen LogP contribution in [0.2, 0.25) is 0 Å². The molecule has 1 saturated heterocycles. The molecule has 4 aromatic heterocycles. The Morgan fingerprint density at radius 1 is 0.846 bits per heavy atom. The molecule has 0 spiro atoms. The number of imidazole rings is 1. The summed E-state index contributed by atoms with van der Waals surface area (Å²) >= 11 is 0. The van der Waals surface area contributed by atoms with E-state index >= 15 is 0 Å². The predicted octanol–water partition coefficient (Wildman–Crippen LogP) is 2.59. The van der Waals surface area contributed by atoms with Crippen LogP contribution in [-0.2, 0) is 0 Å². The first-order valence-electron chi connectivity index (χ1n) is 8.79. The molecule has 0 aromatic carbocycles. The lowest BCUT2D eigenvalue weighted by atomic mass is 10.1. The lowest BCUT2D eigenvalue weighted by molar-refractivity contribution is 0.577. The summed E-state index contributed by atoms with van der Waals surface area (Å²) in [7, 11) is 0. The lowest BCUT2D eigenvalue weighted by Crippen LogP contribution is -2.29. The zero-order valence-corrected chi connectivity index (χ0v) is 14.2. The standard InChI is InChI=1S/C18H18N8/c1-2-6-25(7-3-1)13-4-5-18(20-9-13)26-11-17(21-12-26)14-8-15-16(10-19-14)23-24-22-15/h4-5,8-12H,1-3,6-7H2,(H,22,23,24). The quantitative estimate of drug-likeness (QED) is 0.613. The number of H-pyrrole nitrogens is 1. The summed E-state index contributed by atoms with van der Waals surface area (Å²) in [5.41, 5.74) is 4.23. The number of pyridine rings is 2. The largest absolute Gasteiger partial charge is 0.370 e. The molecule has 0 atom stereocenters. The number of nitrogens with zero attached hydrogens (tertiary/aromatic N) is 7. The van der Waals surface area contributed by atoms with Gasteiger partial charge in [-0.1, -0.05) is 0 Å². The Balaban J connectivity index is 1.40. The van der Waals surface area contributed by atoms with Crippen LogP contribution in [0.5, 0.6) is 0 Å². The van der Waals surface area contributed by atoms with Crippen molar-refractivity contribution >= 4 is 16.7 Å². The van der Waals surface area contributed by atoms with Gasteiger partial charge in [0.1, 0.15) is 28.9 Å². The van der Waals surface area contributed by atoms with Crippen LogP contribution in [0.25, 0.3) is 28.2 Å². The van der Waals surface area contributed by atoms with E-state index in [1.807, 2.05) is 29.1 Å². The first-order valence-corrected chi connectivity index (χ1v) is 8.79. The van der Waals surface area contributed by atoms with Gasteiger partial charge < -0.3 is 4.90 Å². The highest BCUT2D eigenvalue weighted by atomic mass is 15.3. The number of hydrogen-bond donors (Lipinski definition) is 1. The highest BCUT2D eigenvalue weighted by molar-refractivity contribution is 5.76. The number of aromatic nitrogens is 7. The summed E-state index contributed by atoms with van der Waals surface area (Å²) in [5, 5.41) is 10.7. The zero-order valence-electron chi connectivity index (χ0n) is 14.2. The fourth-order valence-electron chi connectivity index (χ4n) is 3.34. The maximum Gasteiger partial charge on any atom is 0.137 e. The van der Waals surface area contributed by atoms with Crippen LogP contribution in [0.3, 0.4) is 0 Å². The monoisotopic (exact) mass is 346 g/mol. The Labute approximate surface area is 149 Å². The third-order valence-corrected chi connectivity index (χ3v) is 4.77. The molecule has 0 bridgehead atoms. The molecule has 0 radical (unpaired) electrons. The Morgan fingerprint density at radius 3 is 2.58 bits per heavy atom. The molecule has 4 aromatic rings. The molecule has 5 rings (SSSR count). The molecule has 0 saturated carbocycles. The third-order valence-electron chi connectivity index (χ3n) is 4.77. The summed E-state index contributed by atoms with van der Waals surface area (Å²) in [4.78, 5) is 15.9. The maximum atomic E-state index is 4.61. The zero-order chi connectivity index (χ0) is 17.3. The van der Waals surface area contributed by atoms with Gasteiger partial charge in [0.05, 0.1) is 23.8 Å². The van der Waals surface area contributed by atoms with Gasteiger partial charge in [-0.3, -0.25) is 9.55 Å². The van der Waals surface area contributed by atoms with E-state index < -0.39 is 0 Å². The van der Waals surface area contributed by atoms with Crippen molar-refractivity contribution in [2.24, 2.45) is 0 Å². The molecule has 1 fully saturated rings. The summed E-state index contributed by atoms with van der Waals surface area (Å²) in [6.45, 7) is 2.24. The van der Waals surface area contributed by atoms with Gasteiger partial charge in [-0.05, 0) is 37.5 Å². The van der Waals surface area contributed by atoms with Crippen LogP contribution in [0.15, 0.2) is 43.1 Å². The first kappa shape index (κ1) is 15.0. The van der Waals surface area contributed by atoms with Crippen molar-refractivity contribution in [2.45, 2.75) is 19.3 Å². The van der Waals surface area contributed by atoms with Crippen LogP contribution in [0.1, 0.15) is 19.3 Å². The van der Waals surface area contributed by atoms with Crippen molar-refractivity contribution in [3.05, 3.63) is 43.1 Å². The molecule has 5 heterocycles. The summed E-state index contributed by atoms with van der Waals surface area (Å²) < 4.78 is 1.91. The number of aromatic amines is 1. The van der Waals surface area contributed by atoms with Crippen molar-refractivity contribution < 1.29 is 0 Å². The number of piperidine rings is 1. The SMILES string of the molecule is c1cc(-n2cnc(-c3cc4n[nH]nc4cn3)c2)ncc1N1CCCCC1. The van der Waals surface area contributed by atoms with Gasteiger partial charge in [0.2, 0.25) is 0 Å². The molecule has 0 amide bonds. The van der Waals surface area contributed by atoms with E-state index in [0.717, 1.165) is 41.3 Å². The normalized spacial score (nSPS) is 14.8. The van der Waals surface area contributed by atoms with Crippen LogP contribution in [0, 0.1) is 0 Å². The Hall–Kier alpha value is -3.29. The van der Waals surface area contributed by atoms with Crippen molar-refractivity contribution in [2.75, 3.05) is 18.0 Å². The van der Waals surface area contributed by atoms with Crippen LogP contribution >= 0.6 is 0 Å². The van der Waals surface area contributed by atoms with E-state index in [4.69, 9.17) is 0 Å². The summed E-state index contributed by atoms with van der Waals surface area (Å²) in [6, 6.07) is 6.04. The van der Waals surface area contributed by atoms with Gasteiger partial charge in [-0.15, -0.1) is 0 Å². The van der Waals surface area contributed by atoms with E-state index in [0.29, 0.717) is 0 Å². The molecule has 1 aliphatic rings. The van der Waals surface area contributed by atoms with Crippen molar-refractivity contribution in [1.29, 1.82) is 0 Å². The fraction of sp³-hybridized carbons (Fsp3) is 0.278. The fourth-order valence-corrected chi connectivity index (χ4v) is 3.34.